The molecule has 34 heavy (non-hydrogen) atoms. The normalized spacial score (nSPS) is 14.0. The van der Waals surface area contributed by atoms with Crippen molar-refractivity contribution in [2.75, 3.05) is 6.61 Å². The van der Waals surface area contributed by atoms with E-state index in [0.717, 1.165) is 28.0 Å². The Labute approximate surface area is 194 Å². The second-order valence-corrected chi connectivity index (χ2v) is 9.67. The Morgan fingerprint density at radius 1 is 1.12 bits per heavy atom. The zero-order valence-electron chi connectivity index (χ0n) is 18.8. The molecule has 3 rings (SSSR count). The summed E-state index contributed by atoms with van der Waals surface area (Å²) in [5.41, 5.74) is -2.55. The van der Waals surface area contributed by atoms with Gasteiger partial charge in [-0.15, -0.1) is 0 Å². The summed E-state index contributed by atoms with van der Waals surface area (Å²) in [7, 11) is -4.28. The van der Waals surface area contributed by atoms with Gasteiger partial charge in [-0.1, -0.05) is 23.8 Å². The quantitative estimate of drug-likeness (QED) is 0.514. The molecule has 1 aromatic carbocycles. The Morgan fingerprint density at radius 3 is 2.24 bits per heavy atom. The van der Waals surface area contributed by atoms with Gasteiger partial charge in [-0.2, -0.15) is 13.2 Å². The lowest BCUT2D eigenvalue weighted by Gasteiger charge is -2.24. The molecule has 7 nitrogen and oxygen atoms in total. The SMILES string of the molecule is CCOC(=O)c1c(C)c(C(C)(O)c2ccc(C(F)(F)F)nc2)cn1S(=O)(=O)c1ccc(C)cc1. The lowest BCUT2D eigenvalue weighted by atomic mass is 9.88. The molecule has 0 bridgehead atoms. The number of nitrogens with zero attached hydrogens (tertiary/aromatic N) is 2. The van der Waals surface area contributed by atoms with E-state index < -0.39 is 33.5 Å². The standard InChI is InChI=1S/C23H23F3N2O5S/c1-5-33-21(29)20-15(3)18(13-28(20)34(31,32)17-9-6-14(2)7-10-17)22(4,30)16-8-11-19(27-12-16)23(24,25)26/h6-13,30H,5H2,1-4H3. The summed E-state index contributed by atoms with van der Waals surface area (Å²) >= 11 is 0. The zero-order valence-corrected chi connectivity index (χ0v) is 19.7. The van der Waals surface area contributed by atoms with E-state index >= 15 is 0 Å². The average Bonchev–Trinajstić information content (AvgIpc) is 3.12. The molecule has 0 saturated carbocycles. The van der Waals surface area contributed by atoms with Gasteiger partial charge in [0.2, 0.25) is 0 Å². The van der Waals surface area contributed by atoms with E-state index in [0.29, 0.717) is 6.07 Å². The van der Waals surface area contributed by atoms with Gasteiger partial charge in [0, 0.05) is 23.5 Å². The maximum Gasteiger partial charge on any atom is 0.433 e. The molecule has 2 heterocycles. The predicted molar refractivity (Wildman–Crippen MR) is 117 cm³/mol. The molecule has 2 aromatic heterocycles. The van der Waals surface area contributed by atoms with E-state index in [1.807, 2.05) is 0 Å². The Hall–Kier alpha value is -3.18. The van der Waals surface area contributed by atoms with Crippen molar-refractivity contribution < 1.29 is 36.2 Å². The molecule has 0 radical (unpaired) electrons. The first-order valence-corrected chi connectivity index (χ1v) is 11.6. The minimum Gasteiger partial charge on any atom is -0.461 e. The largest absolute Gasteiger partial charge is 0.461 e. The van der Waals surface area contributed by atoms with Crippen molar-refractivity contribution in [1.29, 1.82) is 0 Å². The molecule has 182 valence electrons. The van der Waals surface area contributed by atoms with Crippen LogP contribution in [0, 0.1) is 13.8 Å². The third-order valence-corrected chi connectivity index (χ3v) is 7.09. The first kappa shape index (κ1) is 25.4. The molecule has 0 aliphatic rings. The second-order valence-electron chi connectivity index (χ2n) is 7.85. The first-order chi connectivity index (χ1) is 15.7. The van der Waals surface area contributed by atoms with Gasteiger partial charge in [0.05, 0.1) is 11.5 Å². The maximum atomic E-state index is 13.4. The number of carbonyl (C=O) groups excluding carboxylic acids is 1. The van der Waals surface area contributed by atoms with Crippen molar-refractivity contribution in [2.45, 2.75) is 44.4 Å². The number of aliphatic hydroxyl groups is 1. The Bertz CT molecular complexity index is 1310. The molecule has 0 amide bonds. The number of pyridine rings is 1. The number of carbonyl (C=O) groups is 1. The Balaban J connectivity index is 2.21. The molecule has 1 atom stereocenters. The van der Waals surface area contributed by atoms with Gasteiger partial charge in [-0.3, -0.25) is 4.98 Å². The fraction of sp³-hybridized carbons (Fsp3) is 0.304. The Kier molecular flexibility index (Phi) is 6.64. The van der Waals surface area contributed by atoms with Crippen LogP contribution in [0.5, 0.6) is 0 Å². The molecule has 0 aliphatic carbocycles. The van der Waals surface area contributed by atoms with E-state index in [4.69, 9.17) is 4.74 Å². The zero-order chi connectivity index (χ0) is 25.5. The highest BCUT2D eigenvalue weighted by Crippen LogP contribution is 2.36. The first-order valence-electron chi connectivity index (χ1n) is 10.2. The van der Waals surface area contributed by atoms with Gasteiger partial charge < -0.3 is 9.84 Å². The molecule has 0 aliphatic heterocycles. The summed E-state index contributed by atoms with van der Waals surface area (Å²) in [4.78, 5) is 16.0. The molecular weight excluding hydrogens is 473 g/mol. The molecule has 1 N–H and O–H groups in total. The number of hydrogen-bond acceptors (Lipinski definition) is 6. The van der Waals surface area contributed by atoms with E-state index in [1.165, 1.54) is 26.0 Å². The van der Waals surface area contributed by atoms with Crippen molar-refractivity contribution in [2.24, 2.45) is 0 Å². The molecular formula is C23H23F3N2O5S. The third-order valence-electron chi connectivity index (χ3n) is 5.41. The molecule has 1 unspecified atom stereocenters. The van der Waals surface area contributed by atoms with Gasteiger partial charge in [0.25, 0.3) is 10.0 Å². The van der Waals surface area contributed by atoms with E-state index in [1.54, 1.807) is 26.0 Å². The van der Waals surface area contributed by atoms with Crippen molar-refractivity contribution in [3.63, 3.8) is 0 Å². The number of benzene rings is 1. The van der Waals surface area contributed by atoms with Crippen LogP contribution in [0.1, 0.15) is 52.3 Å². The number of aryl methyl sites for hydroxylation is 1. The van der Waals surface area contributed by atoms with Crippen LogP contribution in [0.2, 0.25) is 0 Å². The Morgan fingerprint density at radius 2 is 1.74 bits per heavy atom. The van der Waals surface area contributed by atoms with Crippen LogP contribution in [-0.4, -0.2) is 35.1 Å². The fourth-order valence-electron chi connectivity index (χ4n) is 3.52. The van der Waals surface area contributed by atoms with Crippen LogP contribution in [-0.2, 0) is 26.5 Å². The molecule has 0 spiro atoms. The number of halogens is 3. The highest BCUT2D eigenvalue weighted by molar-refractivity contribution is 7.90. The average molecular weight is 497 g/mol. The van der Waals surface area contributed by atoms with Gasteiger partial charge >= 0.3 is 12.1 Å². The van der Waals surface area contributed by atoms with Crippen molar-refractivity contribution in [1.82, 2.24) is 8.96 Å². The summed E-state index contributed by atoms with van der Waals surface area (Å²) < 4.78 is 71.2. The van der Waals surface area contributed by atoms with Crippen molar-refractivity contribution in [3.8, 4) is 0 Å². The number of esters is 1. The third kappa shape index (κ3) is 4.58. The van der Waals surface area contributed by atoms with Crippen molar-refractivity contribution >= 4 is 16.0 Å². The van der Waals surface area contributed by atoms with Crippen molar-refractivity contribution in [3.05, 3.63) is 82.4 Å². The lowest BCUT2D eigenvalue weighted by Crippen LogP contribution is -2.24. The number of aromatic nitrogens is 2. The summed E-state index contributed by atoms with van der Waals surface area (Å²) in [6.07, 6.45) is -2.73. The van der Waals surface area contributed by atoms with Crippen LogP contribution in [0.3, 0.4) is 0 Å². The number of rotatable bonds is 6. The summed E-state index contributed by atoms with van der Waals surface area (Å²) in [5, 5.41) is 11.3. The predicted octanol–water partition coefficient (Wildman–Crippen LogP) is 4.19. The number of ether oxygens (including phenoxy) is 1. The summed E-state index contributed by atoms with van der Waals surface area (Å²) in [6, 6.07) is 7.71. The second kappa shape index (κ2) is 8.88. The van der Waals surface area contributed by atoms with E-state index in [9.17, 15) is 31.5 Å². The topological polar surface area (TPSA) is 98.5 Å². The number of alkyl halides is 3. The van der Waals surface area contributed by atoms with Crippen LogP contribution in [0.25, 0.3) is 0 Å². The highest BCUT2D eigenvalue weighted by Gasteiger charge is 2.37. The fourth-order valence-corrected chi connectivity index (χ4v) is 4.93. The molecule has 0 fully saturated rings. The van der Waals surface area contributed by atoms with Crippen LogP contribution >= 0.6 is 0 Å². The molecule has 0 saturated heterocycles. The van der Waals surface area contributed by atoms with E-state index in [2.05, 4.69) is 4.98 Å². The lowest BCUT2D eigenvalue weighted by molar-refractivity contribution is -0.141. The highest BCUT2D eigenvalue weighted by atomic mass is 32.2. The van der Waals surface area contributed by atoms with Gasteiger partial charge in [-0.25, -0.2) is 17.2 Å². The van der Waals surface area contributed by atoms with E-state index in [-0.39, 0.29) is 33.9 Å². The smallest absolute Gasteiger partial charge is 0.433 e. The van der Waals surface area contributed by atoms with Gasteiger partial charge in [-0.05, 0) is 51.5 Å². The summed E-state index contributed by atoms with van der Waals surface area (Å²) in [5.74, 6) is -0.928. The minimum absolute atomic E-state index is 0.00667. The molecule has 11 heteroatoms. The number of hydrogen-bond donors (Lipinski definition) is 1. The minimum atomic E-state index is -4.66. The van der Waals surface area contributed by atoms with Gasteiger partial charge in [0.1, 0.15) is 17.0 Å². The summed E-state index contributed by atoms with van der Waals surface area (Å²) in [6.45, 7) is 6.02. The maximum absolute atomic E-state index is 13.4. The van der Waals surface area contributed by atoms with Crippen LogP contribution in [0.4, 0.5) is 13.2 Å². The van der Waals surface area contributed by atoms with Crippen LogP contribution in [0.15, 0.2) is 53.7 Å². The molecule has 3 aromatic rings. The van der Waals surface area contributed by atoms with Gasteiger partial charge in [0.15, 0.2) is 0 Å². The van der Waals surface area contributed by atoms with Crippen LogP contribution < -0.4 is 0 Å². The monoisotopic (exact) mass is 496 g/mol.